The van der Waals surface area contributed by atoms with Gasteiger partial charge in [0.15, 0.2) is 0 Å². The van der Waals surface area contributed by atoms with Crippen molar-refractivity contribution in [1.82, 2.24) is 14.8 Å². The van der Waals surface area contributed by atoms with E-state index in [0.29, 0.717) is 18.8 Å². The van der Waals surface area contributed by atoms with E-state index in [-0.39, 0.29) is 0 Å². The van der Waals surface area contributed by atoms with Crippen molar-refractivity contribution in [3.05, 3.63) is 54.2 Å². The van der Waals surface area contributed by atoms with E-state index in [1.54, 1.807) is 12.5 Å². The molecular formula is C18H23N3O2. The number of hydrogen-bond acceptors (Lipinski definition) is 5. The Bertz CT molecular complexity index is 602. The summed E-state index contributed by atoms with van der Waals surface area (Å²) in [7, 11) is 0. The summed E-state index contributed by atoms with van der Waals surface area (Å²) in [6, 6.07) is 8.66. The minimum Gasteiger partial charge on any atom is -0.468 e. The van der Waals surface area contributed by atoms with E-state index < -0.39 is 0 Å². The van der Waals surface area contributed by atoms with Gasteiger partial charge in [-0.1, -0.05) is 6.07 Å². The average Bonchev–Trinajstić information content (AvgIpc) is 3.23. The molecule has 0 amide bonds. The smallest absolute Gasteiger partial charge is 0.117 e. The Morgan fingerprint density at radius 1 is 1.22 bits per heavy atom. The predicted octanol–water partition coefficient (Wildman–Crippen LogP) is 2.15. The normalized spacial score (nSPS) is 25.6. The molecule has 0 spiro atoms. The highest BCUT2D eigenvalue weighted by Crippen LogP contribution is 2.25. The summed E-state index contributed by atoms with van der Waals surface area (Å²) in [5.74, 6) is 1.06. The predicted molar refractivity (Wildman–Crippen MR) is 86.8 cm³/mol. The van der Waals surface area contributed by atoms with Gasteiger partial charge in [0, 0.05) is 44.6 Å². The van der Waals surface area contributed by atoms with Gasteiger partial charge in [0.1, 0.15) is 5.76 Å². The van der Waals surface area contributed by atoms with Gasteiger partial charge in [0.25, 0.3) is 0 Å². The number of aromatic nitrogens is 1. The molecule has 0 saturated carbocycles. The lowest BCUT2D eigenvalue weighted by Gasteiger charge is -2.36. The number of rotatable bonds is 5. The standard InChI is InChI=1S/C18H23N3O2/c1-3-15(10-19-5-1)14-23-18-9-16-11-20(6-7-21(16)13-18)12-17-4-2-8-22-17/h1-5,8,10,16,18H,6-7,9,11-14H2/t16-,18+/m1/s1. The zero-order valence-electron chi connectivity index (χ0n) is 13.3. The summed E-state index contributed by atoms with van der Waals surface area (Å²) < 4.78 is 11.6. The molecule has 0 unspecified atom stereocenters. The highest BCUT2D eigenvalue weighted by Gasteiger charge is 2.36. The maximum atomic E-state index is 6.10. The fourth-order valence-corrected chi connectivity index (χ4v) is 3.65. The minimum absolute atomic E-state index is 0.337. The molecule has 122 valence electrons. The van der Waals surface area contributed by atoms with Crippen molar-refractivity contribution in [3.63, 3.8) is 0 Å². The van der Waals surface area contributed by atoms with Crippen molar-refractivity contribution in [1.29, 1.82) is 0 Å². The Balaban J connectivity index is 1.27. The monoisotopic (exact) mass is 313 g/mol. The molecule has 2 aliphatic heterocycles. The van der Waals surface area contributed by atoms with Gasteiger partial charge in [-0.3, -0.25) is 14.8 Å². The lowest BCUT2D eigenvalue weighted by Crippen LogP contribution is -2.49. The van der Waals surface area contributed by atoms with E-state index in [2.05, 4.69) is 26.9 Å². The second-order valence-electron chi connectivity index (χ2n) is 6.49. The molecule has 0 N–H and O–H groups in total. The van der Waals surface area contributed by atoms with Crippen molar-refractivity contribution in [3.8, 4) is 0 Å². The van der Waals surface area contributed by atoms with Crippen LogP contribution >= 0.6 is 0 Å². The van der Waals surface area contributed by atoms with Crippen molar-refractivity contribution >= 4 is 0 Å². The van der Waals surface area contributed by atoms with E-state index in [1.807, 2.05) is 18.3 Å². The maximum Gasteiger partial charge on any atom is 0.117 e. The van der Waals surface area contributed by atoms with Crippen LogP contribution in [0.3, 0.4) is 0 Å². The maximum absolute atomic E-state index is 6.10. The van der Waals surface area contributed by atoms with Crippen LogP contribution in [-0.2, 0) is 17.9 Å². The summed E-state index contributed by atoms with van der Waals surface area (Å²) in [4.78, 5) is 9.21. The van der Waals surface area contributed by atoms with E-state index in [1.165, 1.54) is 0 Å². The van der Waals surface area contributed by atoms with Crippen molar-refractivity contribution < 1.29 is 9.15 Å². The third-order valence-electron chi connectivity index (χ3n) is 4.83. The van der Waals surface area contributed by atoms with Gasteiger partial charge in [0.05, 0.1) is 25.5 Å². The van der Waals surface area contributed by atoms with Crippen LogP contribution in [0.5, 0.6) is 0 Å². The van der Waals surface area contributed by atoms with Gasteiger partial charge in [-0.2, -0.15) is 0 Å². The number of ether oxygens (including phenoxy) is 1. The molecule has 4 heterocycles. The van der Waals surface area contributed by atoms with Gasteiger partial charge in [-0.15, -0.1) is 0 Å². The van der Waals surface area contributed by atoms with Crippen LogP contribution in [0.15, 0.2) is 47.3 Å². The van der Waals surface area contributed by atoms with Crippen LogP contribution in [0.2, 0.25) is 0 Å². The molecule has 2 atom stereocenters. The van der Waals surface area contributed by atoms with Crippen LogP contribution < -0.4 is 0 Å². The molecule has 2 aliphatic rings. The first-order valence-electron chi connectivity index (χ1n) is 8.36. The Morgan fingerprint density at radius 2 is 2.22 bits per heavy atom. The number of furan rings is 1. The molecule has 2 aromatic heterocycles. The van der Waals surface area contributed by atoms with Gasteiger partial charge in [-0.25, -0.2) is 0 Å². The molecule has 0 bridgehead atoms. The molecule has 5 nitrogen and oxygen atoms in total. The van der Waals surface area contributed by atoms with Crippen LogP contribution in [0, 0.1) is 0 Å². The Labute approximate surface area is 136 Å². The molecule has 2 saturated heterocycles. The molecule has 4 rings (SSSR count). The SMILES string of the molecule is c1cncc(CO[C@H]2C[C@@H]3CN(Cc4ccco4)CCN3C2)c1. The molecule has 23 heavy (non-hydrogen) atoms. The average molecular weight is 313 g/mol. The fraction of sp³-hybridized carbons (Fsp3) is 0.500. The first-order valence-corrected chi connectivity index (χ1v) is 8.36. The second-order valence-corrected chi connectivity index (χ2v) is 6.49. The molecule has 5 heteroatoms. The molecule has 2 fully saturated rings. The first-order chi connectivity index (χ1) is 11.4. The van der Waals surface area contributed by atoms with Crippen LogP contribution in [0.25, 0.3) is 0 Å². The fourth-order valence-electron chi connectivity index (χ4n) is 3.65. The third-order valence-corrected chi connectivity index (χ3v) is 4.83. The minimum atomic E-state index is 0.337. The zero-order chi connectivity index (χ0) is 15.5. The molecule has 2 aromatic rings. The Morgan fingerprint density at radius 3 is 3.04 bits per heavy atom. The van der Waals surface area contributed by atoms with E-state index in [0.717, 1.165) is 50.5 Å². The summed E-state index contributed by atoms with van der Waals surface area (Å²) >= 11 is 0. The molecule has 0 radical (unpaired) electrons. The second kappa shape index (κ2) is 6.83. The number of pyridine rings is 1. The van der Waals surface area contributed by atoms with Crippen molar-refractivity contribution in [2.45, 2.75) is 31.7 Å². The van der Waals surface area contributed by atoms with Gasteiger partial charge in [-0.05, 0) is 30.2 Å². The Hall–Kier alpha value is -1.69. The van der Waals surface area contributed by atoms with E-state index in [9.17, 15) is 0 Å². The quantitative estimate of drug-likeness (QED) is 0.846. The lowest BCUT2D eigenvalue weighted by molar-refractivity contribution is 0.0455. The third kappa shape index (κ3) is 3.63. The first kappa shape index (κ1) is 14.9. The van der Waals surface area contributed by atoms with Crippen molar-refractivity contribution in [2.75, 3.05) is 26.2 Å². The number of nitrogens with zero attached hydrogens (tertiary/aromatic N) is 3. The topological polar surface area (TPSA) is 41.7 Å². The largest absolute Gasteiger partial charge is 0.468 e. The number of hydrogen-bond donors (Lipinski definition) is 0. The summed E-state index contributed by atoms with van der Waals surface area (Å²) in [5, 5.41) is 0. The number of fused-ring (bicyclic) bond motifs is 1. The molecular weight excluding hydrogens is 290 g/mol. The summed E-state index contributed by atoms with van der Waals surface area (Å²) in [6.45, 7) is 5.96. The van der Waals surface area contributed by atoms with Gasteiger partial charge >= 0.3 is 0 Å². The van der Waals surface area contributed by atoms with E-state index in [4.69, 9.17) is 9.15 Å². The van der Waals surface area contributed by atoms with Crippen LogP contribution in [0.1, 0.15) is 17.7 Å². The highest BCUT2D eigenvalue weighted by molar-refractivity contribution is 5.07. The zero-order valence-corrected chi connectivity index (χ0v) is 13.3. The van der Waals surface area contributed by atoms with Crippen LogP contribution in [-0.4, -0.2) is 53.1 Å². The number of piperazine rings is 1. The summed E-state index contributed by atoms with van der Waals surface area (Å²) in [6.07, 6.45) is 6.89. The van der Waals surface area contributed by atoms with Crippen LogP contribution in [0.4, 0.5) is 0 Å². The molecule has 0 aromatic carbocycles. The van der Waals surface area contributed by atoms with Gasteiger partial charge < -0.3 is 9.15 Å². The lowest BCUT2D eigenvalue weighted by atomic mass is 10.1. The van der Waals surface area contributed by atoms with E-state index >= 15 is 0 Å². The van der Waals surface area contributed by atoms with Crippen molar-refractivity contribution in [2.24, 2.45) is 0 Å². The summed E-state index contributed by atoms with van der Waals surface area (Å²) in [5.41, 5.74) is 1.15. The Kier molecular flexibility index (Phi) is 4.41. The molecule has 0 aliphatic carbocycles. The van der Waals surface area contributed by atoms with Gasteiger partial charge in [0.2, 0.25) is 0 Å². The highest BCUT2D eigenvalue weighted by atomic mass is 16.5.